The molecule has 1 heterocycles. The van der Waals surface area contributed by atoms with Crippen molar-refractivity contribution in [1.82, 2.24) is 5.32 Å². The van der Waals surface area contributed by atoms with Crippen molar-refractivity contribution in [3.63, 3.8) is 0 Å². The van der Waals surface area contributed by atoms with Crippen LogP contribution >= 0.6 is 0 Å². The summed E-state index contributed by atoms with van der Waals surface area (Å²) in [4.78, 5) is 40.8. The van der Waals surface area contributed by atoms with E-state index >= 15 is 0 Å². The predicted molar refractivity (Wildman–Crippen MR) is 141 cm³/mol. The molecule has 3 atom stereocenters. The standard InChI is InChI=1S/C29H32F4N4O3/c30-22-5-2-6-24-25(22)36-28(40)23(15-37(24)19-4-1-3-18(14-19)17-9-10-17)35-27(39)21(13-16-7-8-16)20(26(34)38)11-12-29(31,32)33/h1-6,14,16-17,20-21,23H,7-13,15H2,(H2,34,38)(H,35,39)(H,36,40)/t20-,21+,23+/m1/s1. The van der Waals surface area contributed by atoms with Gasteiger partial charge in [-0.2, -0.15) is 13.2 Å². The maximum absolute atomic E-state index is 14.9. The van der Waals surface area contributed by atoms with Crippen LogP contribution in [-0.4, -0.2) is 36.5 Å². The van der Waals surface area contributed by atoms with E-state index in [-0.39, 0.29) is 24.6 Å². The Morgan fingerprint density at radius 1 is 1.07 bits per heavy atom. The normalized spacial score (nSPS) is 20.6. The average Bonchev–Trinajstić information content (AvgIpc) is 3.80. The third kappa shape index (κ3) is 6.56. The molecule has 40 heavy (non-hydrogen) atoms. The van der Waals surface area contributed by atoms with Gasteiger partial charge in [-0.25, -0.2) is 4.39 Å². The molecular formula is C29H32F4N4O3. The Labute approximate surface area is 229 Å². The number of rotatable bonds is 10. The fourth-order valence-electron chi connectivity index (χ4n) is 5.46. The molecule has 0 unspecified atom stereocenters. The van der Waals surface area contributed by atoms with Gasteiger partial charge in [0, 0.05) is 23.9 Å². The van der Waals surface area contributed by atoms with Gasteiger partial charge in [-0.05, 0) is 67.3 Å². The van der Waals surface area contributed by atoms with E-state index in [0.717, 1.165) is 31.2 Å². The molecule has 11 heteroatoms. The first kappa shape index (κ1) is 27.9. The van der Waals surface area contributed by atoms with Crippen molar-refractivity contribution >= 4 is 34.8 Å². The molecule has 7 nitrogen and oxygen atoms in total. The first-order valence-electron chi connectivity index (χ1n) is 13.6. The highest BCUT2D eigenvalue weighted by Gasteiger charge is 2.41. The number of para-hydroxylation sites is 1. The minimum Gasteiger partial charge on any atom is -0.369 e. The molecule has 2 fully saturated rings. The van der Waals surface area contributed by atoms with Crippen molar-refractivity contribution in [2.24, 2.45) is 23.5 Å². The van der Waals surface area contributed by atoms with Crippen molar-refractivity contribution in [2.45, 2.75) is 63.1 Å². The number of primary amides is 1. The summed E-state index contributed by atoms with van der Waals surface area (Å²) in [6.07, 6.45) is -2.42. The molecule has 0 spiro atoms. The summed E-state index contributed by atoms with van der Waals surface area (Å²) in [7, 11) is 0. The quantitative estimate of drug-likeness (QED) is 0.350. The second-order valence-electron chi connectivity index (χ2n) is 11.1. The highest BCUT2D eigenvalue weighted by atomic mass is 19.4. The Balaban J connectivity index is 1.43. The number of nitrogens with one attached hydrogen (secondary N) is 2. The van der Waals surface area contributed by atoms with Gasteiger partial charge >= 0.3 is 6.18 Å². The number of halogens is 4. The fourth-order valence-corrected chi connectivity index (χ4v) is 5.46. The monoisotopic (exact) mass is 560 g/mol. The van der Waals surface area contributed by atoms with Crippen LogP contribution in [0.2, 0.25) is 0 Å². The molecule has 2 aromatic rings. The second-order valence-corrected chi connectivity index (χ2v) is 11.1. The van der Waals surface area contributed by atoms with Crippen LogP contribution in [0.25, 0.3) is 0 Å². The molecule has 5 rings (SSSR count). The van der Waals surface area contributed by atoms with E-state index in [1.54, 1.807) is 11.0 Å². The summed E-state index contributed by atoms with van der Waals surface area (Å²) < 4.78 is 53.9. The third-order valence-corrected chi connectivity index (χ3v) is 7.97. The van der Waals surface area contributed by atoms with Crippen LogP contribution < -0.4 is 21.3 Å². The van der Waals surface area contributed by atoms with Gasteiger partial charge in [-0.15, -0.1) is 0 Å². The number of anilines is 3. The molecule has 2 saturated carbocycles. The summed E-state index contributed by atoms with van der Waals surface area (Å²) in [6, 6.07) is 11.0. The van der Waals surface area contributed by atoms with Gasteiger partial charge in [-0.1, -0.05) is 31.0 Å². The Bertz CT molecular complexity index is 1290. The van der Waals surface area contributed by atoms with E-state index in [1.807, 2.05) is 24.3 Å². The summed E-state index contributed by atoms with van der Waals surface area (Å²) in [6.45, 7) is -0.0535. The first-order valence-corrected chi connectivity index (χ1v) is 13.6. The SMILES string of the molecule is NC(=O)[C@H](CCC(F)(F)F)[C@H](CC1CC1)C(=O)N[C@H]1CN(c2cccc(C3CC3)c2)c2cccc(F)c2NC1=O. The zero-order chi connectivity index (χ0) is 28.6. The molecule has 0 radical (unpaired) electrons. The molecule has 3 aliphatic rings. The second kappa shape index (κ2) is 11.1. The maximum atomic E-state index is 14.9. The van der Waals surface area contributed by atoms with E-state index in [4.69, 9.17) is 5.73 Å². The van der Waals surface area contributed by atoms with Crippen molar-refractivity contribution in [1.29, 1.82) is 0 Å². The lowest BCUT2D eigenvalue weighted by Crippen LogP contribution is -2.52. The average molecular weight is 561 g/mol. The molecule has 0 saturated heterocycles. The number of carbonyl (C=O) groups is 3. The van der Waals surface area contributed by atoms with Gasteiger partial charge in [0.2, 0.25) is 17.7 Å². The number of carbonyl (C=O) groups excluding carboxylic acids is 3. The number of benzene rings is 2. The van der Waals surface area contributed by atoms with Crippen LogP contribution in [0.5, 0.6) is 0 Å². The molecular weight excluding hydrogens is 528 g/mol. The van der Waals surface area contributed by atoms with Crippen molar-refractivity contribution < 1.29 is 31.9 Å². The first-order chi connectivity index (χ1) is 19.0. The Morgan fingerprint density at radius 3 is 2.45 bits per heavy atom. The Kier molecular flexibility index (Phi) is 7.74. The molecule has 214 valence electrons. The van der Waals surface area contributed by atoms with E-state index in [9.17, 15) is 31.9 Å². The Morgan fingerprint density at radius 2 is 1.80 bits per heavy atom. The van der Waals surface area contributed by atoms with Crippen molar-refractivity contribution in [3.8, 4) is 0 Å². The zero-order valence-electron chi connectivity index (χ0n) is 21.8. The largest absolute Gasteiger partial charge is 0.389 e. The van der Waals surface area contributed by atoms with Gasteiger partial charge in [-0.3, -0.25) is 14.4 Å². The zero-order valence-corrected chi connectivity index (χ0v) is 21.8. The molecule has 0 aromatic heterocycles. The van der Waals surface area contributed by atoms with E-state index < -0.39 is 60.4 Å². The predicted octanol–water partition coefficient (Wildman–Crippen LogP) is 5.14. The van der Waals surface area contributed by atoms with Crippen molar-refractivity contribution in [3.05, 3.63) is 53.8 Å². The summed E-state index contributed by atoms with van der Waals surface area (Å²) in [5.41, 5.74) is 7.70. The number of amides is 3. The highest BCUT2D eigenvalue weighted by molar-refractivity contribution is 6.03. The van der Waals surface area contributed by atoms with Gasteiger partial charge in [0.1, 0.15) is 17.5 Å². The molecule has 0 bridgehead atoms. The lowest BCUT2D eigenvalue weighted by molar-refractivity contribution is -0.146. The van der Waals surface area contributed by atoms with Crippen molar-refractivity contribution in [2.75, 3.05) is 16.8 Å². The Hall–Kier alpha value is -3.63. The molecule has 3 amide bonds. The molecule has 2 aromatic carbocycles. The topological polar surface area (TPSA) is 105 Å². The smallest absolute Gasteiger partial charge is 0.369 e. The lowest BCUT2D eigenvalue weighted by Gasteiger charge is -2.29. The van der Waals surface area contributed by atoms with Crippen LogP contribution in [0.4, 0.5) is 34.6 Å². The van der Waals surface area contributed by atoms with Gasteiger partial charge in [0.15, 0.2) is 0 Å². The number of nitrogens with two attached hydrogens (primary N) is 1. The van der Waals surface area contributed by atoms with Crippen LogP contribution in [0.3, 0.4) is 0 Å². The van der Waals surface area contributed by atoms with Gasteiger partial charge in [0.25, 0.3) is 0 Å². The number of nitrogens with zero attached hydrogens (tertiary/aromatic N) is 1. The van der Waals surface area contributed by atoms with Crippen LogP contribution in [0, 0.1) is 23.6 Å². The molecule has 2 aliphatic carbocycles. The van der Waals surface area contributed by atoms with E-state index in [0.29, 0.717) is 17.3 Å². The summed E-state index contributed by atoms with van der Waals surface area (Å²) in [5, 5.41) is 5.25. The summed E-state index contributed by atoms with van der Waals surface area (Å²) >= 11 is 0. The van der Waals surface area contributed by atoms with Crippen LogP contribution in [0.15, 0.2) is 42.5 Å². The van der Waals surface area contributed by atoms with Gasteiger partial charge < -0.3 is 21.3 Å². The number of hydrogen-bond acceptors (Lipinski definition) is 4. The minimum absolute atomic E-state index is 0.0317. The van der Waals surface area contributed by atoms with E-state index in [1.165, 1.54) is 12.1 Å². The summed E-state index contributed by atoms with van der Waals surface area (Å²) in [5.74, 6) is -4.91. The van der Waals surface area contributed by atoms with Crippen LogP contribution in [-0.2, 0) is 14.4 Å². The lowest BCUT2D eigenvalue weighted by atomic mass is 9.83. The number of hydrogen-bond donors (Lipinski definition) is 3. The third-order valence-electron chi connectivity index (χ3n) is 7.97. The van der Waals surface area contributed by atoms with Crippen LogP contribution in [0.1, 0.15) is 56.4 Å². The number of alkyl halides is 3. The fraction of sp³-hybridized carbons (Fsp3) is 0.483. The maximum Gasteiger partial charge on any atom is 0.389 e. The van der Waals surface area contributed by atoms with Gasteiger partial charge in [0.05, 0.1) is 12.2 Å². The minimum atomic E-state index is -4.51. The highest BCUT2D eigenvalue weighted by Crippen LogP contribution is 2.43. The molecule has 1 aliphatic heterocycles. The number of fused-ring (bicyclic) bond motifs is 1. The molecule has 4 N–H and O–H groups in total. The van der Waals surface area contributed by atoms with E-state index in [2.05, 4.69) is 10.6 Å².